The molecule has 0 fully saturated rings. The number of methoxy groups -OCH3 is 1. The van der Waals surface area contributed by atoms with Gasteiger partial charge in [0.15, 0.2) is 0 Å². The number of nitrogens with one attached hydrogen (secondary N) is 1. The average molecular weight is 239 g/mol. The standard InChI is InChI=1S/C14H22FNO/c1-10-6-7-12(15)8-13(10)16-11(2)9-14(3,4)17-5/h6-8,11,16H,9H2,1-5H3. The van der Waals surface area contributed by atoms with Crippen molar-refractivity contribution in [2.24, 2.45) is 0 Å². The number of benzene rings is 1. The number of hydrogen-bond acceptors (Lipinski definition) is 2. The first-order chi connectivity index (χ1) is 7.84. The zero-order chi connectivity index (χ0) is 13.1. The summed E-state index contributed by atoms with van der Waals surface area (Å²) in [7, 11) is 1.71. The van der Waals surface area contributed by atoms with Gasteiger partial charge in [-0.25, -0.2) is 4.39 Å². The minimum atomic E-state index is -0.212. The van der Waals surface area contributed by atoms with Crippen molar-refractivity contribution in [1.29, 1.82) is 0 Å². The second-order valence-corrected chi connectivity index (χ2v) is 5.17. The first-order valence-electron chi connectivity index (χ1n) is 5.92. The topological polar surface area (TPSA) is 21.3 Å². The Kier molecular flexibility index (Phi) is 4.52. The molecule has 0 amide bonds. The highest BCUT2D eigenvalue weighted by Crippen LogP contribution is 2.21. The lowest BCUT2D eigenvalue weighted by Gasteiger charge is -2.28. The highest BCUT2D eigenvalue weighted by atomic mass is 19.1. The fraction of sp³-hybridized carbons (Fsp3) is 0.571. The summed E-state index contributed by atoms with van der Waals surface area (Å²) < 4.78 is 18.5. The number of hydrogen-bond donors (Lipinski definition) is 1. The fourth-order valence-electron chi connectivity index (χ4n) is 1.89. The highest BCUT2D eigenvalue weighted by molar-refractivity contribution is 5.51. The van der Waals surface area contributed by atoms with Crippen LogP contribution in [0.3, 0.4) is 0 Å². The van der Waals surface area contributed by atoms with Gasteiger partial charge in [0.25, 0.3) is 0 Å². The van der Waals surface area contributed by atoms with Crippen LogP contribution in [-0.4, -0.2) is 18.8 Å². The van der Waals surface area contributed by atoms with Crippen molar-refractivity contribution < 1.29 is 9.13 Å². The van der Waals surface area contributed by atoms with E-state index in [-0.39, 0.29) is 17.5 Å². The number of aryl methyl sites for hydroxylation is 1. The summed E-state index contributed by atoms with van der Waals surface area (Å²) in [6.45, 7) is 8.13. The fourth-order valence-corrected chi connectivity index (χ4v) is 1.89. The van der Waals surface area contributed by atoms with E-state index in [0.717, 1.165) is 17.7 Å². The van der Waals surface area contributed by atoms with Crippen LogP contribution in [0.2, 0.25) is 0 Å². The minimum Gasteiger partial charge on any atom is -0.382 e. The van der Waals surface area contributed by atoms with Crippen LogP contribution in [-0.2, 0) is 4.74 Å². The zero-order valence-electron chi connectivity index (χ0n) is 11.3. The Labute approximate surface area is 103 Å². The maximum atomic E-state index is 13.1. The summed E-state index contributed by atoms with van der Waals surface area (Å²) in [6, 6.07) is 5.02. The quantitative estimate of drug-likeness (QED) is 0.845. The predicted molar refractivity (Wildman–Crippen MR) is 69.9 cm³/mol. The minimum absolute atomic E-state index is 0.173. The largest absolute Gasteiger partial charge is 0.382 e. The molecule has 0 aliphatic carbocycles. The van der Waals surface area contributed by atoms with Gasteiger partial charge in [-0.15, -0.1) is 0 Å². The number of ether oxygens (including phenoxy) is 1. The molecule has 1 rings (SSSR count). The summed E-state index contributed by atoms with van der Waals surface area (Å²) in [6.07, 6.45) is 0.861. The second-order valence-electron chi connectivity index (χ2n) is 5.17. The molecule has 0 saturated heterocycles. The van der Waals surface area contributed by atoms with Crippen LogP contribution in [0.5, 0.6) is 0 Å². The summed E-state index contributed by atoms with van der Waals surface area (Å²) in [4.78, 5) is 0. The Morgan fingerprint density at radius 1 is 1.41 bits per heavy atom. The SMILES string of the molecule is COC(C)(C)CC(C)Nc1cc(F)ccc1C. The van der Waals surface area contributed by atoms with Crippen LogP contribution in [0, 0.1) is 12.7 Å². The Morgan fingerprint density at radius 2 is 2.06 bits per heavy atom. The molecule has 0 saturated carbocycles. The van der Waals surface area contributed by atoms with Crippen LogP contribution in [0.4, 0.5) is 10.1 Å². The molecule has 0 radical (unpaired) electrons. The van der Waals surface area contributed by atoms with Crippen molar-refractivity contribution in [1.82, 2.24) is 0 Å². The van der Waals surface area contributed by atoms with Crippen molar-refractivity contribution >= 4 is 5.69 Å². The maximum Gasteiger partial charge on any atom is 0.125 e. The smallest absolute Gasteiger partial charge is 0.125 e. The van der Waals surface area contributed by atoms with E-state index in [1.807, 2.05) is 20.8 Å². The van der Waals surface area contributed by atoms with Gasteiger partial charge in [-0.3, -0.25) is 0 Å². The third-order valence-corrected chi connectivity index (χ3v) is 2.95. The summed E-state index contributed by atoms with van der Waals surface area (Å²) >= 11 is 0. The molecule has 0 aliphatic heterocycles. The highest BCUT2D eigenvalue weighted by Gasteiger charge is 2.20. The van der Waals surface area contributed by atoms with Crippen LogP contribution >= 0.6 is 0 Å². The predicted octanol–water partition coefficient (Wildman–Crippen LogP) is 3.75. The lowest BCUT2D eigenvalue weighted by Crippen LogP contribution is -2.31. The zero-order valence-corrected chi connectivity index (χ0v) is 11.3. The molecule has 96 valence electrons. The van der Waals surface area contributed by atoms with E-state index < -0.39 is 0 Å². The van der Waals surface area contributed by atoms with Gasteiger partial charge < -0.3 is 10.1 Å². The van der Waals surface area contributed by atoms with Crippen molar-refractivity contribution in [3.8, 4) is 0 Å². The van der Waals surface area contributed by atoms with Crippen molar-refractivity contribution in [3.63, 3.8) is 0 Å². The molecule has 2 nitrogen and oxygen atoms in total. The number of anilines is 1. The molecule has 0 bridgehead atoms. The van der Waals surface area contributed by atoms with Gasteiger partial charge in [0.1, 0.15) is 5.82 Å². The summed E-state index contributed by atoms with van der Waals surface area (Å²) in [5, 5.41) is 3.32. The van der Waals surface area contributed by atoms with Crippen LogP contribution in [0.15, 0.2) is 18.2 Å². The first-order valence-corrected chi connectivity index (χ1v) is 5.92. The van der Waals surface area contributed by atoms with E-state index in [1.165, 1.54) is 12.1 Å². The number of halogens is 1. The normalized spacial score (nSPS) is 13.5. The molecule has 17 heavy (non-hydrogen) atoms. The van der Waals surface area contributed by atoms with E-state index in [1.54, 1.807) is 13.2 Å². The van der Waals surface area contributed by atoms with Gasteiger partial charge in [0.05, 0.1) is 5.60 Å². The van der Waals surface area contributed by atoms with E-state index in [9.17, 15) is 4.39 Å². The molecule has 1 unspecified atom stereocenters. The van der Waals surface area contributed by atoms with Crippen molar-refractivity contribution in [3.05, 3.63) is 29.6 Å². The Hall–Kier alpha value is -1.09. The van der Waals surface area contributed by atoms with Gasteiger partial charge >= 0.3 is 0 Å². The Morgan fingerprint density at radius 3 is 2.65 bits per heavy atom. The Balaban J connectivity index is 2.68. The second kappa shape index (κ2) is 5.50. The van der Waals surface area contributed by atoms with E-state index in [2.05, 4.69) is 12.2 Å². The summed E-state index contributed by atoms with van der Waals surface area (Å²) in [5.74, 6) is -0.212. The molecule has 0 aromatic heterocycles. The molecule has 1 aromatic rings. The number of rotatable bonds is 5. The van der Waals surface area contributed by atoms with Crippen molar-refractivity contribution in [2.75, 3.05) is 12.4 Å². The Bertz CT molecular complexity index is 376. The third-order valence-electron chi connectivity index (χ3n) is 2.95. The van der Waals surface area contributed by atoms with Gasteiger partial charge in [-0.05, 0) is 51.8 Å². The van der Waals surface area contributed by atoms with Crippen LogP contribution < -0.4 is 5.32 Å². The molecule has 1 N–H and O–H groups in total. The van der Waals surface area contributed by atoms with Gasteiger partial charge in [0, 0.05) is 18.8 Å². The average Bonchev–Trinajstić information content (AvgIpc) is 2.23. The molecule has 0 heterocycles. The first kappa shape index (κ1) is 14.0. The maximum absolute atomic E-state index is 13.1. The lowest BCUT2D eigenvalue weighted by molar-refractivity contribution is 0.0128. The molecule has 0 aliphatic rings. The van der Waals surface area contributed by atoms with E-state index in [0.29, 0.717) is 0 Å². The van der Waals surface area contributed by atoms with Gasteiger partial charge in [-0.2, -0.15) is 0 Å². The molecule has 1 atom stereocenters. The van der Waals surface area contributed by atoms with Crippen LogP contribution in [0.1, 0.15) is 32.8 Å². The molecule has 1 aromatic carbocycles. The monoisotopic (exact) mass is 239 g/mol. The van der Waals surface area contributed by atoms with Gasteiger partial charge in [0.2, 0.25) is 0 Å². The molecule has 3 heteroatoms. The lowest BCUT2D eigenvalue weighted by atomic mass is 9.99. The third kappa shape index (κ3) is 4.35. The van der Waals surface area contributed by atoms with Crippen molar-refractivity contribution in [2.45, 2.75) is 45.8 Å². The van der Waals surface area contributed by atoms with E-state index >= 15 is 0 Å². The molecule has 0 spiro atoms. The van der Waals surface area contributed by atoms with Gasteiger partial charge in [-0.1, -0.05) is 6.07 Å². The molecular weight excluding hydrogens is 217 g/mol. The molecular formula is C14H22FNO. The summed E-state index contributed by atoms with van der Waals surface area (Å²) in [5.41, 5.74) is 1.73. The van der Waals surface area contributed by atoms with E-state index in [4.69, 9.17) is 4.74 Å². The van der Waals surface area contributed by atoms with Crippen LogP contribution in [0.25, 0.3) is 0 Å².